The number of piperidine rings is 1. The van der Waals surface area contributed by atoms with Gasteiger partial charge < -0.3 is 15.0 Å². The van der Waals surface area contributed by atoms with E-state index in [2.05, 4.69) is 42.0 Å². The van der Waals surface area contributed by atoms with E-state index in [9.17, 15) is 0 Å². The molecule has 118 valence electrons. The van der Waals surface area contributed by atoms with Crippen LogP contribution < -0.4 is 10.2 Å². The molecule has 1 aromatic rings. The van der Waals surface area contributed by atoms with Crippen LogP contribution in [0.2, 0.25) is 0 Å². The number of anilines is 2. The van der Waals surface area contributed by atoms with Crippen LogP contribution in [-0.4, -0.2) is 42.8 Å². The molecular formula is C16H28N4O. The van der Waals surface area contributed by atoms with Gasteiger partial charge in [0.05, 0.1) is 6.10 Å². The second-order valence-corrected chi connectivity index (χ2v) is 6.00. The van der Waals surface area contributed by atoms with Gasteiger partial charge in [-0.3, -0.25) is 0 Å². The largest absolute Gasteiger partial charge is 0.380 e. The molecule has 0 aromatic carbocycles. The van der Waals surface area contributed by atoms with Crippen LogP contribution in [0.3, 0.4) is 0 Å². The van der Waals surface area contributed by atoms with E-state index in [-0.39, 0.29) is 0 Å². The maximum Gasteiger partial charge on any atom is 0.135 e. The summed E-state index contributed by atoms with van der Waals surface area (Å²) >= 11 is 0. The second-order valence-electron chi connectivity index (χ2n) is 6.00. The van der Waals surface area contributed by atoms with Crippen LogP contribution in [0.25, 0.3) is 0 Å². The van der Waals surface area contributed by atoms with Gasteiger partial charge in [0.2, 0.25) is 0 Å². The molecule has 21 heavy (non-hydrogen) atoms. The first-order chi connectivity index (χ1) is 10.1. The van der Waals surface area contributed by atoms with Gasteiger partial charge in [0, 0.05) is 38.7 Å². The Morgan fingerprint density at radius 2 is 2.24 bits per heavy atom. The lowest BCUT2D eigenvalue weighted by Gasteiger charge is -2.33. The second kappa shape index (κ2) is 7.59. The minimum absolute atomic E-state index is 0.309. The molecule has 1 aromatic heterocycles. The lowest BCUT2D eigenvalue weighted by molar-refractivity contribution is 0.0891. The molecular weight excluding hydrogens is 264 g/mol. The maximum absolute atomic E-state index is 5.51. The Kier molecular flexibility index (Phi) is 5.79. The van der Waals surface area contributed by atoms with Gasteiger partial charge in [-0.05, 0) is 19.3 Å². The van der Waals surface area contributed by atoms with E-state index in [4.69, 9.17) is 9.72 Å². The first-order valence-corrected chi connectivity index (χ1v) is 8.04. The average Bonchev–Trinajstić information content (AvgIpc) is 2.52. The Labute approximate surface area is 128 Å². The fraction of sp³-hybridized carbons (Fsp3) is 0.750. The van der Waals surface area contributed by atoms with Crippen LogP contribution in [0.15, 0.2) is 6.07 Å². The molecule has 1 saturated heterocycles. The molecule has 5 heteroatoms. The van der Waals surface area contributed by atoms with Gasteiger partial charge in [-0.15, -0.1) is 0 Å². The third-order valence-corrected chi connectivity index (χ3v) is 3.84. The molecule has 0 aliphatic carbocycles. The zero-order valence-corrected chi connectivity index (χ0v) is 13.7. The van der Waals surface area contributed by atoms with Crippen molar-refractivity contribution in [1.82, 2.24) is 9.97 Å². The van der Waals surface area contributed by atoms with Gasteiger partial charge >= 0.3 is 0 Å². The number of methoxy groups -OCH3 is 1. The molecule has 0 saturated carbocycles. The number of aromatic nitrogens is 2. The van der Waals surface area contributed by atoms with Crippen molar-refractivity contribution in [2.24, 2.45) is 0 Å². The number of ether oxygens (including phenoxy) is 1. The molecule has 1 atom stereocenters. The molecule has 1 fully saturated rings. The smallest absolute Gasteiger partial charge is 0.135 e. The maximum atomic E-state index is 5.51. The first-order valence-electron chi connectivity index (χ1n) is 8.04. The number of hydrogen-bond acceptors (Lipinski definition) is 5. The van der Waals surface area contributed by atoms with E-state index in [1.165, 1.54) is 0 Å². The van der Waals surface area contributed by atoms with Crippen LogP contribution in [-0.2, 0) is 4.74 Å². The number of nitrogens with one attached hydrogen (secondary N) is 1. The van der Waals surface area contributed by atoms with Gasteiger partial charge in [0.25, 0.3) is 0 Å². The SMILES string of the molecule is CCCNc1cc(N2CCCC(OC)C2)nc(C(C)C)n1. The standard InChI is InChI=1S/C16H28N4O/c1-5-8-17-14-10-15(19-16(18-14)12(2)3)20-9-6-7-13(11-20)21-4/h10,12-13H,5-9,11H2,1-4H3,(H,17,18,19). The Bertz CT molecular complexity index is 450. The van der Waals surface area contributed by atoms with Crippen molar-refractivity contribution in [3.63, 3.8) is 0 Å². The Hall–Kier alpha value is -1.36. The first kappa shape index (κ1) is 16.0. The van der Waals surface area contributed by atoms with Crippen molar-refractivity contribution < 1.29 is 4.74 Å². The zero-order chi connectivity index (χ0) is 15.2. The van der Waals surface area contributed by atoms with E-state index in [0.29, 0.717) is 12.0 Å². The summed E-state index contributed by atoms with van der Waals surface area (Å²) in [6.07, 6.45) is 3.68. The molecule has 2 heterocycles. The highest BCUT2D eigenvalue weighted by Gasteiger charge is 2.21. The third-order valence-electron chi connectivity index (χ3n) is 3.84. The molecule has 2 rings (SSSR count). The van der Waals surface area contributed by atoms with Crippen molar-refractivity contribution in [3.8, 4) is 0 Å². The molecule has 5 nitrogen and oxygen atoms in total. The van der Waals surface area contributed by atoms with E-state index in [1.807, 2.05) is 0 Å². The van der Waals surface area contributed by atoms with Crippen molar-refractivity contribution in [1.29, 1.82) is 0 Å². The fourth-order valence-corrected chi connectivity index (χ4v) is 2.56. The highest BCUT2D eigenvalue weighted by molar-refractivity contribution is 5.50. The minimum Gasteiger partial charge on any atom is -0.380 e. The van der Waals surface area contributed by atoms with E-state index in [0.717, 1.165) is 56.4 Å². The van der Waals surface area contributed by atoms with Crippen molar-refractivity contribution in [2.75, 3.05) is 37.0 Å². The third kappa shape index (κ3) is 4.30. The van der Waals surface area contributed by atoms with Crippen molar-refractivity contribution >= 4 is 11.6 Å². The van der Waals surface area contributed by atoms with Gasteiger partial charge in [-0.25, -0.2) is 9.97 Å². The van der Waals surface area contributed by atoms with E-state index < -0.39 is 0 Å². The predicted octanol–water partition coefficient (Wildman–Crippen LogP) is 3.04. The summed E-state index contributed by atoms with van der Waals surface area (Å²) in [5.74, 6) is 3.19. The summed E-state index contributed by atoms with van der Waals surface area (Å²) < 4.78 is 5.51. The predicted molar refractivity (Wildman–Crippen MR) is 87.1 cm³/mol. The molecule has 0 bridgehead atoms. The summed E-state index contributed by atoms with van der Waals surface area (Å²) in [6.45, 7) is 9.33. The van der Waals surface area contributed by atoms with Crippen LogP contribution >= 0.6 is 0 Å². The van der Waals surface area contributed by atoms with E-state index in [1.54, 1.807) is 7.11 Å². The molecule has 1 unspecified atom stereocenters. The number of rotatable bonds is 6. The highest BCUT2D eigenvalue weighted by Crippen LogP contribution is 2.23. The topological polar surface area (TPSA) is 50.3 Å². The summed E-state index contributed by atoms with van der Waals surface area (Å²) in [5.41, 5.74) is 0. The minimum atomic E-state index is 0.309. The normalized spacial score (nSPS) is 19.1. The van der Waals surface area contributed by atoms with Crippen molar-refractivity contribution in [2.45, 2.75) is 52.1 Å². The Morgan fingerprint density at radius 3 is 2.90 bits per heavy atom. The summed E-state index contributed by atoms with van der Waals surface area (Å²) in [4.78, 5) is 11.7. The monoisotopic (exact) mass is 292 g/mol. The highest BCUT2D eigenvalue weighted by atomic mass is 16.5. The Morgan fingerprint density at radius 1 is 1.43 bits per heavy atom. The summed E-state index contributed by atoms with van der Waals surface area (Å²) in [5, 5.41) is 3.39. The molecule has 0 amide bonds. The van der Waals surface area contributed by atoms with Crippen LogP contribution in [0.1, 0.15) is 51.8 Å². The quantitative estimate of drug-likeness (QED) is 0.873. The molecule has 1 N–H and O–H groups in total. The number of nitrogens with zero attached hydrogens (tertiary/aromatic N) is 3. The fourth-order valence-electron chi connectivity index (χ4n) is 2.56. The Balaban J connectivity index is 2.22. The van der Waals surface area contributed by atoms with Gasteiger partial charge in [0.15, 0.2) is 0 Å². The molecule has 0 spiro atoms. The van der Waals surface area contributed by atoms with Gasteiger partial charge in [-0.2, -0.15) is 0 Å². The lowest BCUT2D eigenvalue weighted by atomic mass is 10.1. The molecule has 1 aliphatic heterocycles. The zero-order valence-electron chi connectivity index (χ0n) is 13.7. The number of hydrogen-bond donors (Lipinski definition) is 1. The van der Waals surface area contributed by atoms with Crippen LogP contribution in [0, 0.1) is 0 Å². The summed E-state index contributed by atoms with van der Waals surface area (Å²) in [7, 11) is 1.79. The molecule has 1 aliphatic rings. The van der Waals surface area contributed by atoms with Crippen molar-refractivity contribution in [3.05, 3.63) is 11.9 Å². The van der Waals surface area contributed by atoms with Gasteiger partial charge in [0.1, 0.15) is 17.5 Å². The van der Waals surface area contributed by atoms with Crippen LogP contribution in [0.5, 0.6) is 0 Å². The van der Waals surface area contributed by atoms with E-state index >= 15 is 0 Å². The lowest BCUT2D eigenvalue weighted by Crippen LogP contribution is -2.39. The average molecular weight is 292 g/mol. The molecule has 0 radical (unpaired) electrons. The van der Waals surface area contributed by atoms with Crippen LogP contribution in [0.4, 0.5) is 11.6 Å². The van der Waals surface area contributed by atoms with Gasteiger partial charge in [-0.1, -0.05) is 20.8 Å². The summed E-state index contributed by atoms with van der Waals surface area (Å²) in [6, 6.07) is 2.07.